The van der Waals surface area contributed by atoms with Gasteiger partial charge < -0.3 is 5.73 Å². The number of nitrogens with two attached hydrogens (primary N) is 1. The summed E-state index contributed by atoms with van der Waals surface area (Å²) < 4.78 is 29.8. The van der Waals surface area contributed by atoms with Crippen LogP contribution in [0.15, 0.2) is 0 Å². The van der Waals surface area contributed by atoms with Gasteiger partial charge in [0.1, 0.15) is 0 Å². The summed E-state index contributed by atoms with van der Waals surface area (Å²) in [7, 11) is -3.89. The molecule has 0 saturated carbocycles. The van der Waals surface area contributed by atoms with Gasteiger partial charge in [0.25, 0.3) is 10.1 Å². The zero-order chi connectivity index (χ0) is 10.7. The molecule has 5 heteroatoms. The fourth-order valence-electron chi connectivity index (χ4n) is 1.37. The third kappa shape index (κ3) is 8.21. The van der Waals surface area contributed by atoms with Crippen molar-refractivity contribution in [3.8, 4) is 0 Å². The zero-order valence-electron chi connectivity index (χ0n) is 8.45. The van der Waals surface area contributed by atoms with Crippen LogP contribution in [0.5, 0.6) is 0 Å². The maximum absolute atomic E-state index is 10.6. The third-order valence-corrected chi connectivity index (χ3v) is 2.57. The summed E-state index contributed by atoms with van der Waals surface area (Å²) in [5.74, 6) is -0.393. The van der Waals surface area contributed by atoms with Crippen molar-refractivity contribution < 1.29 is 13.0 Å². The first-order valence-corrected chi connectivity index (χ1v) is 5.90. The Morgan fingerprint density at radius 3 is 2.08 bits per heavy atom. The van der Waals surface area contributed by atoms with Gasteiger partial charge in [0.05, 0.1) is 5.75 Å². The van der Waals surface area contributed by atoms with Crippen molar-refractivity contribution in [3.63, 3.8) is 0 Å². The Morgan fingerprint density at radius 2 is 1.85 bits per heavy atom. The normalized spacial score (nSPS) is 15.8. The molecule has 0 aliphatic carbocycles. The van der Waals surface area contributed by atoms with Gasteiger partial charge in [-0.2, -0.15) is 8.42 Å². The van der Waals surface area contributed by atoms with E-state index in [1.54, 1.807) is 0 Å². The smallest absolute Gasteiger partial charge is 0.265 e. The van der Waals surface area contributed by atoms with Crippen molar-refractivity contribution in [2.45, 2.75) is 27.2 Å². The summed E-state index contributed by atoms with van der Waals surface area (Å²) in [5, 5.41) is 0. The summed E-state index contributed by atoms with van der Waals surface area (Å²) in [4.78, 5) is 0. The highest BCUT2D eigenvalue weighted by Crippen LogP contribution is 2.24. The van der Waals surface area contributed by atoms with E-state index in [4.69, 9.17) is 10.3 Å². The molecule has 0 fully saturated rings. The lowest BCUT2D eigenvalue weighted by Gasteiger charge is -2.23. The van der Waals surface area contributed by atoms with Gasteiger partial charge in [-0.05, 0) is 24.3 Å². The second-order valence-corrected chi connectivity index (χ2v) is 6.11. The Balaban J connectivity index is 4.22. The Hall–Kier alpha value is -0.130. The molecule has 1 atom stereocenters. The molecule has 0 aromatic heterocycles. The molecule has 0 bridgehead atoms. The van der Waals surface area contributed by atoms with Crippen LogP contribution in [-0.2, 0) is 10.1 Å². The van der Waals surface area contributed by atoms with Crippen LogP contribution in [0.2, 0.25) is 0 Å². The van der Waals surface area contributed by atoms with Gasteiger partial charge in [0, 0.05) is 0 Å². The molecule has 4 nitrogen and oxygen atoms in total. The zero-order valence-corrected chi connectivity index (χ0v) is 9.26. The van der Waals surface area contributed by atoms with Crippen LogP contribution < -0.4 is 5.73 Å². The van der Waals surface area contributed by atoms with Gasteiger partial charge >= 0.3 is 0 Å². The third-order valence-electron chi connectivity index (χ3n) is 1.68. The SMILES string of the molecule is CC(C)(C)CC(CN)CS(=O)(=O)O. The van der Waals surface area contributed by atoms with Crippen molar-refractivity contribution >= 4 is 10.1 Å². The molecule has 0 aliphatic heterocycles. The van der Waals surface area contributed by atoms with Crippen LogP contribution >= 0.6 is 0 Å². The van der Waals surface area contributed by atoms with E-state index >= 15 is 0 Å². The molecule has 13 heavy (non-hydrogen) atoms. The highest BCUT2D eigenvalue weighted by molar-refractivity contribution is 7.85. The van der Waals surface area contributed by atoms with Crippen molar-refractivity contribution in [3.05, 3.63) is 0 Å². The highest BCUT2D eigenvalue weighted by atomic mass is 32.2. The van der Waals surface area contributed by atoms with E-state index in [2.05, 4.69) is 0 Å². The second kappa shape index (κ2) is 4.39. The van der Waals surface area contributed by atoms with Crippen molar-refractivity contribution in [1.29, 1.82) is 0 Å². The first-order chi connectivity index (χ1) is 5.64. The molecular formula is C8H19NO3S. The first-order valence-electron chi connectivity index (χ1n) is 4.29. The van der Waals surface area contributed by atoms with Gasteiger partial charge in [0.15, 0.2) is 0 Å². The van der Waals surface area contributed by atoms with E-state index in [0.717, 1.165) is 0 Å². The minimum atomic E-state index is -3.89. The Kier molecular flexibility index (Phi) is 4.35. The minimum absolute atomic E-state index is 0.0364. The molecule has 0 saturated heterocycles. The predicted octanol–water partition coefficient (Wildman–Crippen LogP) is 0.885. The van der Waals surface area contributed by atoms with Gasteiger partial charge in [-0.25, -0.2) is 0 Å². The molecule has 0 amide bonds. The second-order valence-electron chi connectivity index (χ2n) is 4.62. The quantitative estimate of drug-likeness (QED) is 0.674. The van der Waals surface area contributed by atoms with Crippen molar-refractivity contribution in [2.75, 3.05) is 12.3 Å². The maximum Gasteiger partial charge on any atom is 0.265 e. The molecule has 80 valence electrons. The molecule has 0 heterocycles. The average Bonchev–Trinajstić information content (AvgIpc) is 1.79. The van der Waals surface area contributed by atoms with Gasteiger partial charge in [-0.1, -0.05) is 20.8 Å². The van der Waals surface area contributed by atoms with Crippen LogP contribution in [0.25, 0.3) is 0 Å². The molecule has 0 aromatic rings. The molecule has 3 N–H and O–H groups in total. The van der Waals surface area contributed by atoms with E-state index < -0.39 is 10.1 Å². The van der Waals surface area contributed by atoms with Crippen molar-refractivity contribution in [1.82, 2.24) is 0 Å². The number of hydrogen-bond donors (Lipinski definition) is 2. The summed E-state index contributed by atoms with van der Waals surface area (Å²) in [6.07, 6.45) is 0.698. The van der Waals surface area contributed by atoms with Gasteiger partial charge in [-0.3, -0.25) is 4.55 Å². The minimum Gasteiger partial charge on any atom is -0.330 e. The lowest BCUT2D eigenvalue weighted by molar-refractivity contribution is 0.309. The molecule has 0 spiro atoms. The van der Waals surface area contributed by atoms with Crippen LogP contribution in [0.1, 0.15) is 27.2 Å². The van der Waals surface area contributed by atoms with E-state index in [0.29, 0.717) is 6.42 Å². The van der Waals surface area contributed by atoms with E-state index in [1.165, 1.54) is 0 Å². The van der Waals surface area contributed by atoms with Gasteiger partial charge in [0.2, 0.25) is 0 Å². The fraction of sp³-hybridized carbons (Fsp3) is 1.00. The summed E-state index contributed by atoms with van der Waals surface area (Å²) in [6.45, 7) is 6.33. The van der Waals surface area contributed by atoms with E-state index in [9.17, 15) is 8.42 Å². The van der Waals surface area contributed by atoms with Gasteiger partial charge in [-0.15, -0.1) is 0 Å². The number of rotatable bonds is 4. The summed E-state index contributed by atoms with van der Waals surface area (Å²) >= 11 is 0. The Bertz CT molecular complexity index is 241. The van der Waals surface area contributed by atoms with E-state index in [1.807, 2.05) is 20.8 Å². The molecule has 1 unspecified atom stereocenters. The monoisotopic (exact) mass is 209 g/mol. The predicted molar refractivity (Wildman–Crippen MR) is 53.0 cm³/mol. The Labute approximate surface area is 80.3 Å². The lowest BCUT2D eigenvalue weighted by Crippen LogP contribution is -2.27. The molecular weight excluding hydrogens is 190 g/mol. The van der Waals surface area contributed by atoms with Crippen molar-refractivity contribution in [2.24, 2.45) is 17.1 Å². The first kappa shape index (κ1) is 12.9. The summed E-state index contributed by atoms with van der Waals surface area (Å²) in [6, 6.07) is 0. The van der Waals surface area contributed by atoms with Crippen LogP contribution in [0.4, 0.5) is 0 Å². The average molecular weight is 209 g/mol. The van der Waals surface area contributed by atoms with E-state index in [-0.39, 0.29) is 23.6 Å². The summed E-state index contributed by atoms with van der Waals surface area (Å²) in [5.41, 5.74) is 5.45. The molecule has 0 aliphatic rings. The molecule has 0 radical (unpaired) electrons. The highest BCUT2D eigenvalue weighted by Gasteiger charge is 2.21. The molecule has 0 aromatic carbocycles. The lowest BCUT2D eigenvalue weighted by atomic mass is 9.85. The largest absolute Gasteiger partial charge is 0.330 e. The Morgan fingerprint density at radius 1 is 1.38 bits per heavy atom. The topological polar surface area (TPSA) is 80.4 Å². The molecule has 0 rings (SSSR count). The van der Waals surface area contributed by atoms with Crippen LogP contribution in [0, 0.1) is 11.3 Å². The van der Waals surface area contributed by atoms with Crippen LogP contribution in [0.3, 0.4) is 0 Å². The van der Waals surface area contributed by atoms with Crippen LogP contribution in [-0.4, -0.2) is 25.3 Å². The number of hydrogen-bond acceptors (Lipinski definition) is 3. The standard InChI is InChI=1S/C8H19NO3S/c1-8(2,3)4-7(5-9)6-13(10,11)12/h7H,4-6,9H2,1-3H3,(H,10,11,12). The fourth-order valence-corrected chi connectivity index (χ4v) is 2.22. The maximum atomic E-state index is 10.6.